The monoisotopic (exact) mass is 465 g/mol. The summed E-state index contributed by atoms with van der Waals surface area (Å²) in [5.74, 6) is -0.314. The van der Waals surface area contributed by atoms with Gasteiger partial charge in [-0.15, -0.1) is 0 Å². The van der Waals surface area contributed by atoms with E-state index in [1.165, 1.54) is 0 Å². The van der Waals surface area contributed by atoms with Crippen molar-refractivity contribution < 1.29 is 26.7 Å². The fourth-order valence-corrected chi connectivity index (χ4v) is 4.22. The van der Waals surface area contributed by atoms with Gasteiger partial charge in [0.2, 0.25) is 5.91 Å². The van der Waals surface area contributed by atoms with Gasteiger partial charge in [0.05, 0.1) is 35.9 Å². The Hall–Kier alpha value is -2.50. The molecule has 4 rings (SSSR count). The average Bonchev–Trinajstić information content (AvgIpc) is 3.21. The molecule has 1 amide bonds. The molecule has 0 saturated carbocycles. The molecule has 2 aliphatic heterocycles. The molecular weight excluding hydrogens is 449 g/mol. The van der Waals surface area contributed by atoms with Crippen LogP contribution in [0.3, 0.4) is 0 Å². The quantitative estimate of drug-likeness (QED) is 0.653. The van der Waals surface area contributed by atoms with E-state index in [2.05, 4.69) is 10.1 Å². The number of aryl methyl sites for hydroxylation is 1. The summed E-state index contributed by atoms with van der Waals surface area (Å²) in [4.78, 5) is 30.6. The molecule has 4 heterocycles. The van der Waals surface area contributed by atoms with E-state index in [9.17, 15) is 31.5 Å². The summed E-state index contributed by atoms with van der Waals surface area (Å²) in [7, 11) is 0. The predicted octanol–water partition coefficient (Wildman–Crippen LogP) is 2.56. The fraction of sp³-hybridized carbons (Fsp3) is 0.556. The van der Waals surface area contributed by atoms with Crippen LogP contribution in [0.2, 0.25) is 5.02 Å². The zero-order valence-corrected chi connectivity index (χ0v) is 16.7. The minimum absolute atomic E-state index is 0.197. The van der Waals surface area contributed by atoms with Crippen LogP contribution < -0.4 is 5.69 Å². The number of carbonyl (C=O) groups is 1. The second-order valence-electron chi connectivity index (χ2n) is 7.53. The van der Waals surface area contributed by atoms with Gasteiger partial charge in [-0.25, -0.2) is 18.3 Å². The number of hydrogen-bond acceptors (Lipinski definition) is 4. The molecule has 2 aromatic rings. The standard InChI is InChI=1S/C18H17ClF5N5O2/c19-15-9(18(22,23)24)4-5-25-12(15)8-28-17(31)29-13(2-1-3-14(29)26-28)16(30)27-6-10(20)11(21)7-27/h4-5,10-11,13H,1-3,6-8H2/t10-,11+,13-/m0/s1. The lowest BCUT2D eigenvalue weighted by Gasteiger charge is -2.26. The molecule has 0 bridgehead atoms. The summed E-state index contributed by atoms with van der Waals surface area (Å²) < 4.78 is 68.3. The molecule has 2 aromatic heterocycles. The van der Waals surface area contributed by atoms with Gasteiger partial charge >= 0.3 is 11.9 Å². The smallest absolute Gasteiger partial charge is 0.335 e. The highest BCUT2D eigenvalue weighted by Gasteiger charge is 2.40. The molecule has 1 saturated heterocycles. The van der Waals surface area contributed by atoms with E-state index in [-0.39, 0.29) is 17.9 Å². The topological polar surface area (TPSA) is 73.0 Å². The minimum atomic E-state index is -4.69. The maximum absolute atomic E-state index is 13.5. The van der Waals surface area contributed by atoms with Crippen LogP contribution in [0, 0.1) is 0 Å². The van der Waals surface area contributed by atoms with E-state index in [1.807, 2.05) is 0 Å². The summed E-state index contributed by atoms with van der Waals surface area (Å²) in [5, 5.41) is 3.50. The molecule has 7 nitrogen and oxygen atoms in total. The number of fused-ring (bicyclic) bond motifs is 1. The Bertz CT molecular complexity index is 1060. The number of halogens is 6. The number of carbonyl (C=O) groups excluding carboxylic acids is 1. The number of aromatic nitrogens is 4. The number of nitrogens with zero attached hydrogens (tertiary/aromatic N) is 5. The summed E-state index contributed by atoms with van der Waals surface area (Å²) in [5.41, 5.74) is -2.01. The van der Waals surface area contributed by atoms with Crippen molar-refractivity contribution in [1.29, 1.82) is 0 Å². The van der Waals surface area contributed by atoms with Crippen molar-refractivity contribution in [2.45, 2.75) is 50.4 Å². The van der Waals surface area contributed by atoms with E-state index in [4.69, 9.17) is 11.6 Å². The van der Waals surface area contributed by atoms with Crippen molar-refractivity contribution in [1.82, 2.24) is 24.2 Å². The number of pyridine rings is 1. The first-order valence-corrected chi connectivity index (χ1v) is 9.91. The highest BCUT2D eigenvalue weighted by atomic mass is 35.5. The lowest BCUT2D eigenvalue weighted by molar-refractivity contribution is -0.137. The Balaban J connectivity index is 1.64. The maximum Gasteiger partial charge on any atom is 0.417 e. The SMILES string of the molecule is O=C([C@@H]1CCCc2nn(Cc3nccc(C(F)(F)F)c3Cl)c(=O)n21)N1C[C@@H](F)[C@@H](F)C1. The number of rotatable bonds is 3. The first-order valence-electron chi connectivity index (χ1n) is 9.53. The average molecular weight is 466 g/mol. The van der Waals surface area contributed by atoms with Gasteiger partial charge in [-0.05, 0) is 18.9 Å². The van der Waals surface area contributed by atoms with Crippen molar-refractivity contribution in [2.24, 2.45) is 0 Å². The van der Waals surface area contributed by atoms with Crippen LogP contribution in [0.25, 0.3) is 0 Å². The Morgan fingerprint density at radius 1 is 1.23 bits per heavy atom. The molecule has 0 aliphatic carbocycles. The van der Waals surface area contributed by atoms with Crippen molar-refractivity contribution in [3.8, 4) is 0 Å². The zero-order chi connectivity index (χ0) is 22.5. The Morgan fingerprint density at radius 2 is 1.90 bits per heavy atom. The van der Waals surface area contributed by atoms with Crippen molar-refractivity contribution in [3.05, 3.63) is 44.9 Å². The third kappa shape index (κ3) is 3.92. The van der Waals surface area contributed by atoms with E-state index in [0.717, 1.165) is 26.4 Å². The van der Waals surface area contributed by atoms with Crippen molar-refractivity contribution in [2.75, 3.05) is 13.1 Å². The molecule has 0 spiro atoms. The molecule has 31 heavy (non-hydrogen) atoms. The van der Waals surface area contributed by atoms with Gasteiger partial charge in [-0.1, -0.05) is 11.6 Å². The van der Waals surface area contributed by atoms with Crippen LogP contribution in [0.1, 0.15) is 36.0 Å². The molecule has 2 aliphatic rings. The van der Waals surface area contributed by atoms with Crippen LogP contribution in [-0.4, -0.2) is 55.6 Å². The largest absolute Gasteiger partial charge is 0.417 e. The second kappa shape index (κ2) is 7.88. The lowest BCUT2D eigenvalue weighted by atomic mass is 10.0. The highest BCUT2D eigenvalue weighted by molar-refractivity contribution is 6.32. The Morgan fingerprint density at radius 3 is 2.55 bits per heavy atom. The van der Waals surface area contributed by atoms with Gasteiger partial charge in [0, 0.05) is 12.6 Å². The van der Waals surface area contributed by atoms with Crippen molar-refractivity contribution in [3.63, 3.8) is 0 Å². The highest BCUT2D eigenvalue weighted by Crippen LogP contribution is 2.35. The Kier molecular flexibility index (Phi) is 5.52. The molecular formula is C18H17ClF5N5O2. The molecule has 1 fully saturated rings. The normalized spacial score (nSPS) is 23.8. The summed E-state index contributed by atoms with van der Waals surface area (Å²) in [6.07, 6.45) is -6.14. The van der Waals surface area contributed by atoms with Gasteiger partial charge < -0.3 is 4.90 Å². The molecule has 0 N–H and O–H groups in total. The number of likely N-dealkylation sites (tertiary alicyclic amines) is 1. The maximum atomic E-state index is 13.5. The molecule has 13 heteroatoms. The molecule has 0 radical (unpaired) electrons. The van der Waals surface area contributed by atoms with E-state index in [0.29, 0.717) is 12.8 Å². The fourth-order valence-electron chi connectivity index (χ4n) is 3.94. The number of alkyl halides is 5. The summed E-state index contributed by atoms with van der Waals surface area (Å²) >= 11 is 5.85. The van der Waals surface area contributed by atoms with Gasteiger partial charge in [0.15, 0.2) is 12.3 Å². The number of amides is 1. The Labute approximate surface area is 177 Å². The van der Waals surface area contributed by atoms with E-state index < -0.39 is 66.4 Å². The van der Waals surface area contributed by atoms with Crippen LogP contribution >= 0.6 is 11.6 Å². The summed E-state index contributed by atoms with van der Waals surface area (Å²) in [6.45, 7) is -1.21. The zero-order valence-electron chi connectivity index (χ0n) is 15.9. The molecule has 0 unspecified atom stereocenters. The second-order valence-corrected chi connectivity index (χ2v) is 7.90. The van der Waals surface area contributed by atoms with Crippen LogP contribution in [0.4, 0.5) is 22.0 Å². The van der Waals surface area contributed by atoms with Crippen LogP contribution in [0.5, 0.6) is 0 Å². The van der Waals surface area contributed by atoms with Crippen molar-refractivity contribution >= 4 is 17.5 Å². The first-order chi connectivity index (χ1) is 14.6. The molecule has 0 aromatic carbocycles. The minimum Gasteiger partial charge on any atom is -0.335 e. The third-order valence-corrected chi connectivity index (χ3v) is 5.90. The van der Waals surface area contributed by atoms with E-state index in [1.54, 1.807) is 0 Å². The third-order valence-electron chi connectivity index (χ3n) is 5.48. The number of hydrogen-bond donors (Lipinski definition) is 0. The van der Waals surface area contributed by atoms with Gasteiger partial charge in [-0.2, -0.15) is 18.3 Å². The van der Waals surface area contributed by atoms with Crippen LogP contribution in [-0.2, 0) is 23.9 Å². The van der Waals surface area contributed by atoms with Gasteiger partial charge in [0.25, 0.3) is 0 Å². The van der Waals surface area contributed by atoms with Gasteiger partial charge in [0.1, 0.15) is 11.9 Å². The van der Waals surface area contributed by atoms with Crippen LogP contribution in [0.15, 0.2) is 17.1 Å². The lowest BCUT2D eigenvalue weighted by Crippen LogP contribution is -2.42. The molecule has 168 valence electrons. The van der Waals surface area contributed by atoms with E-state index >= 15 is 0 Å². The first kappa shape index (κ1) is 21.7. The predicted molar refractivity (Wildman–Crippen MR) is 98.2 cm³/mol. The molecule has 3 atom stereocenters. The summed E-state index contributed by atoms with van der Waals surface area (Å²) in [6, 6.07) is -0.249. The van der Waals surface area contributed by atoms with Gasteiger partial charge in [-0.3, -0.25) is 14.3 Å².